The SMILES string of the molecule is CCCCN(C(=O)c1ccccc1SCCC)c1ccccc1. The number of hydrogen-bond donors (Lipinski definition) is 0. The van der Waals surface area contributed by atoms with Crippen molar-refractivity contribution in [3.8, 4) is 0 Å². The van der Waals surface area contributed by atoms with E-state index in [2.05, 4.69) is 19.9 Å². The molecule has 2 nitrogen and oxygen atoms in total. The van der Waals surface area contributed by atoms with E-state index < -0.39 is 0 Å². The Kier molecular flexibility index (Phi) is 7.21. The van der Waals surface area contributed by atoms with Gasteiger partial charge >= 0.3 is 0 Å². The van der Waals surface area contributed by atoms with Gasteiger partial charge in [0.2, 0.25) is 0 Å². The number of para-hydroxylation sites is 1. The first-order chi connectivity index (χ1) is 11.3. The fourth-order valence-electron chi connectivity index (χ4n) is 2.40. The summed E-state index contributed by atoms with van der Waals surface area (Å²) in [5.41, 5.74) is 1.78. The fraction of sp³-hybridized carbons (Fsp3) is 0.350. The molecule has 0 saturated carbocycles. The van der Waals surface area contributed by atoms with Gasteiger partial charge in [0.05, 0.1) is 5.56 Å². The highest BCUT2D eigenvalue weighted by Gasteiger charge is 2.19. The second kappa shape index (κ2) is 9.41. The Morgan fingerprint density at radius 1 is 0.957 bits per heavy atom. The van der Waals surface area contributed by atoms with E-state index >= 15 is 0 Å². The standard InChI is InChI=1S/C20H25NOS/c1-3-5-15-21(17-11-7-6-8-12-17)20(22)18-13-9-10-14-19(18)23-16-4-2/h6-14H,3-5,15-16H2,1-2H3. The summed E-state index contributed by atoms with van der Waals surface area (Å²) < 4.78 is 0. The zero-order chi connectivity index (χ0) is 16.5. The molecule has 0 heterocycles. The molecule has 122 valence electrons. The highest BCUT2D eigenvalue weighted by atomic mass is 32.2. The van der Waals surface area contributed by atoms with E-state index in [4.69, 9.17) is 0 Å². The Morgan fingerprint density at radius 3 is 2.35 bits per heavy atom. The summed E-state index contributed by atoms with van der Waals surface area (Å²) in [6.07, 6.45) is 3.18. The van der Waals surface area contributed by atoms with Crippen molar-refractivity contribution in [1.29, 1.82) is 0 Å². The van der Waals surface area contributed by atoms with Gasteiger partial charge in [-0.05, 0) is 42.9 Å². The summed E-state index contributed by atoms with van der Waals surface area (Å²) in [5.74, 6) is 1.13. The first-order valence-corrected chi connectivity index (χ1v) is 9.35. The Labute approximate surface area is 143 Å². The van der Waals surface area contributed by atoms with Crippen LogP contribution in [0.5, 0.6) is 0 Å². The average Bonchev–Trinajstić information content (AvgIpc) is 2.61. The van der Waals surface area contributed by atoms with Crippen molar-refractivity contribution in [3.63, 3.8) is 0 Å². The van der Waals surface area contributed by atoms with E-state index in [-0.39, 0.29) is 5.91 Å². The van der Waals surface area contributed by atoms with Crippen molar-refractivity contribution in [3.05, 3.63) is 60.2 Å². The van der Waals surface area contributed by atoms with Crippen LogP contribution < -0.4 is 4.90 Å². The molecular weight excluding hydrogens is 302 g/mol. The van der Waals surface area contributed by atoms with Gasteiger partial charge in [0, 0.05) is 17.1 Å². The quantitative estimate of drug-likeness (QED) is 0.585. The minimum absolute atomic E-state index is 0.101. The third kappa shape index (κ3) is 4.87. The summed E-state index contributed by atoms with van der Waals surface area (Å²) in [5, 5.41) is 0. The van der Waals surface area contributed by atoms with Crippen LogP contribution in [0.2, 0.25) is 0 Å². The second-order valence-electron chi connectivity index (χ2n) is 5.49. The highest BCUT2D eigenvalue weighted by Crippen LogP contribution is 2.26. The summed E-state index contributed by atoms with van der Waals surface area (Å²) in [6, 6.07) is 17.9. The van der Waals surface area contributed by atoms with E-state index in [9.17, 15) is 4.79 Å². The van der Waals surface area contributed by atoms with Crippen molar-refractivity contribution in [1.82, 2.24) is 0 Å². The van der Waals surface area contributed by atoms with Crippen LogP contribution in [-0.4, -0.2) is 18.2 Å². The third-order valence-electron chi connectivity index (χ3n) is 3.63. The van der Waals surface area contributed by atoms with Gasteiger partial charge < -0.3 is 4.90 Å². The highest BCUT2D eigenvalue weighted by molar-refractivity contribution is 7.99. The lowest BCUT2D eigenvalue weighted by molar-refractivity contribution is 0.0984. The lowest BCUT2D eigenvalue weighted by Crippen LogP contribution is -2.32. The molecule has 2 aromatic rings. The Hall–Kier alpha value is -1.74. The predicted octanol–water partition coefficient (Wildman–Crippen LogP) is 5.64. The Bertz CT molecular complexity index is 612. The molecule has 0 fully saturated rings. The summed E-state index contributed by atoms with van der Waals surface area (Å²) in [4.78, 5) is 16.1. The maximum atomic E-state index is 13.1. The van der Waals surface area contributed by atoms with E-state index in [1.54, 1.807) is 11.8 Å². The lowest BCUT2D eigenvalue weighted by atomic mass is 10.1. The second-order valence-corrected chi connectivity index (χ2v) is 6.63. The van der Waals surface area contributed by atoms with Crippen LogP contribution in [-0.2, 0) is 0 Å². The first kappa shape index (κ1) is 17.6. The Balaban J connectivity index is 2.30. The topological polar surface area (TPSA) is 20.3 Å². The zero-order valence-electron chi connectivity index (χ0n) is 14.0. The molecule has 0 bridgehead atoms. The normalized spacial score (nSPS) is 10.5. The van der Waals surface area contributed by atoms with Crippen molar-refractivity contribution < 1.29 is 4.79 Å². The molecule has 0 aliphatic heterocycles. The number of carbonyl (C=O) groups is 1. The van der Waals surface area contributed by atoms with E-state index in [1.807, 2.05) is 53.4 Å². The molecule has 1 amide bonds. The van der Waals surface area contributed by atoms with Gasteiger partial charge in [0.1, 0.15) is 0 Å². The average molecular weight is 327 g/mol. The number of benzene rings is 2. The van der Waals surface area contributed by atoms with Crippen LogP contribution >= 0.6 is 11.8 Å². The van der Waals surface area contributed by atoms with E-state index in [1.165, 1.54) is 0 Å². The molecule has 0 spiro atoms. The Morgan fingerprint density at radius 2 is 1.65 bits per heavy atom. The van der Waals surface area contributed by atoms with E-state index in [0.29, 0.717) is 0 Å². The van der Waals surface area contributed by atoms with Crippen LogP contribution in [0.4, 0.5) is 5.69 Å². The van der Waals surface area contributed by atoms with Gasteiger partial charge in [-0.2, -0.15) is 0 Å². The third-order valence-corrected chi connectivity index (χ3v) is 4.91. The number of thioether (sulfide) groups is 1. The molecule has 0 saturated heterocycles. The molecule has 0 N–H and O–H groups in total. The molecule has 0 atom stereocenters. The molecule has 0 aliphatic carbocycles. The minimum atomic E-state index is 0.101. The maximum Gasteiger partial charge on any atom is 0.259 e. The number of unbranched alkanes of at least 4 members (excludes halogenated alkanes) is 1. The molecule has 0 unspecified atom stereocenters. The van der Waals surface area contributed by atoms with Crippen molar-refractivity contribution in [2.75, 3.05) is 17.2 Å². The largest absolute Gasteiger partial charge is 0.308 e. The summed E-state index contributed by atoms with van der Waals surface area (Å²) in [6.45, 7) is 5.07. The molecule has 0 radical (unpaired) electrons. The predicted molar refractivity (Wildman–Crippen MR) is 100 cm³/mol. The molecule has 0 aromatic heterocycles. The monoisotopic (exact) mass is 327 g/mol. The van der Waals surface area contributed by atoms with Gasteiger partial charge in [-0.25, -0.2) is 0 Å². The van der Waals surface area contributed by atoms with E-state index in [0.717, 1.165) is 47.7 Å². The van der Waals surface area contributed by atoms with Gasteiger partial charge in [-0.3, -0.25) is 4.79 Å². The van der Waals surface area contributed by atoms with Crippen molar-refractivity contribution in [2.45, 2.75) is 38.0 Å². The number of carbonyl (C=O) groups excluding carboxylic acids is 1. The molecule has 23 heavy (non-hydrogen) atoms. The van der Waals surface area contributed by atoms with Crippen molar-refractivity contribution in [2.24, 2.45) is 0 Å². The number of amides is 1. The number of nitrogens with zero attached hydrogens (tertiary/aromatic N) is 1. The summed E-state index contributed by atoms with van der Waals surface area (Å²) >= 11 is 1.76. The molecule has 2 aromatic carbocycles. The van der Waals surface area contributed by atoms with Crippen LogP contribution in [0.15, 0.2) is 59.5 Å². The van der Waals surface area contributed by atoms with Crippen LogP contribution in [0, 0.1) is 0 Å². The van der Waals surface area contributed by atoms with Gasteiger partial charge in [-0.1, -0.05) is 50.6 Å². The molecule has 2 rings (SSSR count). The van der Waals surface area contributed by atoms with Crippen LogP contribution in [0.25, 0.3) is 0 Å². The fourth-order valence-corrected chi connectivity index (χ4v) is 3.31. The summed E-state index contributed by atoms with van der Waals surface area (Å²) in [7, 11) is 0. The zero-order valence-corrected chi connectivity index (χ0v) is 14.8. The van der Waals surface area contributed by atoms with Crippen molar-refractivity contribution >= 4 is 23.4 Å². The lowest BCUT2D eigenvalue weighted by Gasteiger charge is -2.24. The van der Waals surface area contributed by atoms with Gasteiger partial charge in [0.15, 0.2) is 0 Å². The number of hydrogen-bond acceptors (Lipinski definition) is 2. The minimum Gasteiger partial charge on any atom is -0.308 e. The number of rotatable bonds is 8. The molecular formula is C20H25NOS. The molecule has 3 heteroatoms. The molecule has 0 aliphatic rings. The number of anilines is 1. The van der Waals surface area contributed by atoms with Crippen LogP contribution in [0.3, 0.4) is 0 Å². The smallest absolute Gasteiger partial charge is 0.259 e. The van der Waals surface area contributed by atoms with Gasteiger partial charge in [0.25, 0.3) is 5.91 Å². The van der Waals surface area contributed by atoms with Gasteiger partial charge in [-0.15, -0.1) is 11.8 Å². The maximum absolute atomic E-state index is 13.1. The van der Waals surface area contributed by atoms with Crippen LogP contribution in [0.1, 0.15) is 43.5 Å². The first-order valence-electron chi connectivity index (χ1n) is 8.36.